The molecule has 0 aliphatic rings. The zero-order valence-corrected chi connectivity index (χ0v) is 7.40. The molecule has 1 heterocycles. The van der Waals surface area contributed by atoms with Crippen LogP contribution in [0.2, 0.25) is 0 Å². The minimum atomic E-state index is -0.262. The molecule has 1 aromatic heterocycles. The van der Waals surface area contributed by atoms with Crippen molar-refractivity contribution < 1.29 is 4.79 Å². The number of nitrogens with zero attached hydrogens (tertiary/aromatic N) is 1. The average molecular weight is 187 g/mol. The van der Waals surface area contributed by atoms with E-state index in [2.05, 4.69) is 15.5 Å². The molecule has 0 aliphatic heterocycles. The maximum Gasteiger partial charge on any atom is 0.324 e. The van der Waals surface area contributed by atoms with E-state index in [-0.39, 0.29) is 10.8 Å². The van der Waals surface area contributed by atoms with Crippen molar-refractivity contribution in [2.75, 3.05) is 5.32 Å². The molecule has 1 aromatic rings. The molecule has 0 radical (unpaired) electrons. The third-order valence-corrected chi connectivity index (χ3v) is 1.82. The maximum atomic E-state index is 11.0. The van der Waals surface area contributed by atoms with Crippen LogP contribution in [0.1, 0.15) is 19.8 Å². The van der Waals surface area contributed by atoms with E-state index in [9.17, 15) is 9.59 Å². The van der Waals surface area contributed by atoms with Crippen molar-refractivity contribution in [3.8, 4) is 0 Å². The fraction of sp³-hybridized carbons (Fsp3) is 0.500. The summed E-state index contributed by atoms with van der Waals surface area (Å²) in [5.74, 6) is -0.111. The van der Waals surface area contributed by atoms with Gasteiger partial charge in [0.15, 0.2) is 0 Å². The molecule has 6 heteroatoms. The summed E-state index contributed by atoms with van der Waals surface area (Å²) in [5.41, 5.74) is 0. The van der Waals surface area contributed by atoms with Crippen LogP contribution in [0.3, 0.4) is 0 Å². The van der Waals surface area contributed by atoms with Crippen LogP contribution in [0.4, 0.5) is 5.13 Å². The quantitative estimate of drug-likeness (QED) is 0.726. The first-order chi connectivity index (χ1) is 5.72. The van der Waals surface area contributed by atoms with E-state index in [0.717, 1.165) is 17.8 Å². The molecule has 0 spiro atoms. The average Bonchev–Trinajstić information content (AvgIpc) is 2.36. The van der Waals surface area contributed by atoms with Crippen LogP contribution in [0, 0.1) is 0 Å². The first-order valence-corrected chi connectivity index (χ1v) is 4.39. The van der Waals surface area contributed by atoms with Crippen molar-refractivity contribution in [3.05, 3.63) is 9.67 Å². The van der Waals surface area contributed by atoms with Crippen molar-refractivity contribution in [2.24, 2.45) is 0 Å². The zero-order valence-electron chi connectivity index (χ0n) is 6.59. The molecule has 5 nitrogen and oxygen atoms in total. The lowest BCUT2D eigenvalue weighted by Crippen LogP contribution is -2.10. The summed E-state index contributed by atoms with van der Waals surface area (Å²) < 4.78 is 0. The first kappa shape index (κ1) is 8.92. The fourth-order valence-electron chi connectivity index (χ4n) is 0.692. The Morgan fingerprint density at radius 1 is 1.75 bits per heavy atom. The predicted molar refractivity (Wildman–Crippen MR) is 46.3 cm³/mol. The number of hydrogen-bond donors (Lipinski definition) is 2. The Morgan fingerprint density at radius 2 is 2.50 bits per heavy atom. The van der Waals surface area contributed by atoms with Gasteiger partial charge in [-0.05, 0) is 17.8 Å². The van der Waals surface area contributed by atoms with Crippen molar-refractivity contribution >= 4 is 22.4 Å². The first-order valence-electron chi connectivity index (χ1n) is 3.57. The van der Waals surface area contributed by atoms with E-state index in [4.69, 9.17) is 0 Å². The summed E-state index contributed by atoms with van der Waals surface area (Å²) in [6.07, 6.45) is 1.24. The number of carbonyl (C=O) groups is 1. The van der Waals surface area contributed by atoms with Gasteiger partial charge in [-0.1, -0.05) is 6.92 Å². The van der Waals surface area contributed by atoms with Gasteiger partial charge in [-0.25, -0.2) is 5.10 Å². The molecule has 2 N–H and O–H groups in total. The van der Waals surface area contributed by atoms with E-state index in [1.165, 1.54) is 0 Å². The topological polar surface area (TPSA) is 74.8 Å². The molecule has 0 saturated heterocycles. The Bertz CT molecular complexity index is 317. The largest absolute Gasteiger partial charge is 0.324 e. The smallest absolute Gasteiger partial charge is 0.301 e. The van der Waals surface area contributed by atoms with Gasteiger partial charge in [0.25, 0.3) is 0 Å². The summed E-state index contributed by atoms with van der Waals surface area (Å²) in [4.78, 5) is 21.3. The van der Waals surface area contributed by atoms with Crippen molar-refractivity contribution in [3.63, 3.8) is 0 Å². The van der Waals surface area contributed by atoms with Gasteiger partial charge in [0, 0.05) is 6.42 Å². The molecule has 12 heavy (non-hydrogen) atoms. The Balaban J connectivity index is 2.52. The summed E-state index contributed by atoms with van der Waals surface area (Å²) in [6.45, 7) is 1.91. The van der Waals surface area contributed by atoms with Gasteiger partial charge < -0.3 is 5.32 Å². The van der Waals surface area contributed by atoms with Crippen molar-refractivity contribution in [1.29, 1.82) is 0 Å². The van der Waals surface area contributed by atoms with Crippen LogP contribution >= 0.6 is 11.3 Å². The second-order valence-corrected chi connectivity index (χ2v) is 3.18. The lowest BCUT2D eigenvalue weighted by atomic mass is 10.3. The van der Waals surface area contributed by atoms with Crippen molar-refractivity contribution in [2.45, 2.75) is 19.8 Å². The highest BCUT2D eigenvalue weighted by molar-refractivity contribution is 7.13. The van der Waals surface area contributed by atoms with E-state index in [0.29, 0.717) is 11.6 Å². The predicted octanol–water partition coefficient (Wildman–Crippen LogP) is 0.570. The Morgan fingerprint density at radius 3 is 3.00 bits per heavy atom. The number of aromatic nitrogens is 2. The highest BCUT2D eigenvalue weighted by Crippen LogP contribution is 2.04. The maximum absolute atomic E-state index is 11.0. The Labute approximate surface area is 72.8 Å². The lowest BCUT2D eigenvalue weighted by molar-refractivity contribution is -0.116. The summed E-state index contributed by atoms with van der Waals surface area (Å²) in [5, 5.41) is 8.63. The van der Waals surface area contributed by atoms with Crippen LogP contribution in [-0.2, 0) is 4.79 Å². The number of anilines is 1. The molecule has 0 aromatic carbocycles. The highest BCUT2D eigenvalue weighted by Gasteiger charge is 2.03. The van der Waals surface area contributed by atoms with Gasteiger partial charge >= 0.3 is 4.87 Å². The molecule has 1 rings (SSSR count). The number of rotatable bonds is 3. The van der Waals surface area contributed by atoms with Gasteiger partial charge in [-0.2, -0.15) is 0 Å². The van der Waals surface area contributed by atoms with Gasteiger partial charge in [-0.15, -0.1) is 5.10 Å². The molecular formula is C6H9N3O2S. The number of H-pyrrole nitrogens is 1. The molecule has 0 atom stereocenters. The molecule has 0 aliphatic carbocycles. The van der Waals surface area contributed by atoms with Crippen LogP contribution in [0.25, 0.3) is 0 Å². The Kier molecular flexibility index (Phi) is 2.98. The fourth-order valence-corrected chi connectivity index (χ4v) is 1.22. The lowest BCUT2D eigenvalue weighted by Gasteiger charge is -1.96. The number of nitrogens with one attached hydrogen (secondary N) is 2. The third kappa shape index (κ3) is 2.46. The van der Waals surface area contributed by atoms with Crippen LogP contribution in [0.15, 0.2) is 4.79 Å². The van der Waals surface area contributed by atoms with Crippen LogP contribution in [-0.4, -0.2) is 16.1 Å². The molecule has 1 amide bonds. The molecular weight excluding hydrogens is 178 g/mol. The summed E-state index contributed by atoms with van der Waals surface area (Å²) in [7, 11) is 0. The normalized spacial score (nSPS) is 9.75. The SMILES string of the molecule is CCCC(=O)Nc1n[nH]c(=O)s1. The zero-order chi connectivity index (χ0) is 8.97. The summed E-state index contributed by atoms with van der Waals surface area (Å²) >= 11 is 0.888. The number of aromatic amines is 1. The standard InChI is InChI=1S/C6H9N3O2S/c1-2-3-4(10)7-5-8-9-6(11)12-5/h2-3H2,1H3,(H,9,11)(H,7,8,10). The van der Waals surface area contributed by atoms with Gasteiger partial charge in [0.05, 0.1) is 0 Å². The molecule has 0 fully saturated rings. The van der Waals surface area contributed by atoms with Crippen LogP contribution in [0.5, 0.6) is 0 Å². The highest BCUT2D eigenvalue weighted by atomic mass is 32.1. The monoisotopic (exact) mass is 187 g/mol. The Hall–Kier alpha value is -1.17. The summed E-state index contributed by atoms with van der Waals surface area (Å²) in [6, 6.07) is 0. The van der Waals surface area contributed by atoms with Gasteiger partial charge in [0.1, 0.15) is 0 Å². The van der Waals surface area contributed by atoms with E-state index < -0.39 is 0 Å². The molecule has 0 bridgehead atoms. The number of amides is 1. The second-order valence-electron chi connectivity index (χ2n) is 2.22. The van der Waals surface area contributed by atoms with Gasteiger partial charge in [-0.3, -0.25) is 9.59 Å². The number of hydrogen-bond acceptors (Lipinski definition) is 4. The van der Waals surface area contributed by atoms with E-state index in [1.54, 1.807) is 0 Å². The van der Waals surface area contributed by atoms with Gasteiger partial charge in [0.2, 0.25) is 11.0 Å². The minimum Gasteiger partial charge on any atom is -0.301 e. The number of carbonyl (C=O) groups excluding carboxylic acids is 1. The van der Waals surface area contributed by atoms with Crippen LogP contribution < -0.4 is 10.2 Å². The van der Waals surface area contributed by atoms with Crippen molar-refractivity contribution in [1.82, 2.24) is 10.2 Å². The molecule has 66 valence electrons. The molecule has 0 unspecified atom stereocenters. The third-order valence-electron chi connectivity index (χ3n) is 1.16. The molecule has 0 saturated carbocycles. The second kappa shape index (κ2) is 4.01. The van der Waals surface area contributed by atoms with E-state index in [1.807, 2.05) is 6.92 Å². The minimum absolute atomic E-state index is 0.111. The van der Waals surface area contributed by atoms with E-state index >= 15 is 0 Å².